The summed E-state index contributed by atoms with van der Waals surface area (Å²) >= 11 is 3.18. The smallest absolute Gasteiger partial charge is 0.338 e. The highest BCUT2D eigenvalue weighted by molar-refractivity contribution is 9.10. The van der Waals surface area contributed by atoms with Crippen LogP contribution in [0, 0.1) is 0 Å². The quantitative estimate of drug-likeness (QED) is 0.646. The number of halogens is 1. The zero-order valence-corrected chi connectivity index (χ0v) is 13.6. The highest BCUT2D eigenvalue weighted by Gasteiger charge is 2.35. The molecule has 116 valence electrons. The number of nitrogens with one attached hydrogen (secondary N) is 1. The van der Waals surface area contributed by atoms with Crippen LogP contribution in [-0.2, 0) is 14.3 Å². The van der Waals surface area contributed by atoms with Gasteiger partial charge in [-0.1, -0.05) is 15.9 Å². The Bertz CT molecular complexity index is 642. The lowest BCUT2D eigenvalue weighted by atomic mass is 10.2. The molecule has 0 radical (unpaired) electrons. The third-order valence-corrected chi connectivity index (χ3v) is 3.63. The first-order valence-corrected chi connectivity index (χ1v) is 7.47. The number of ether oxygens (including phenoxy) is 1. The van der Waals surface area contributed by atoms with Gasteiger partial charge < -0.3 is 10.1 Å². The number of anilines is 1. The Morgan fingerprint density at radius 2 is 2.00 bits per heavy atom. The summed E-state index contributed by atoms with van der Waals surface area (Å²) in [5.74, 6) is -0.835. The van der Waals surface area contributed by atoms with Crippen LogP contribution in [0.3, 0.4) is 0 Å². The standard InChI is InChI=1S/C14H14BrN3O4/c1-3-22-14(21)9-4-6-10(7-5-9)18-13(20)11(15)12(17-18)16-8(2)19/h4-7,11H,3H2,1-2H3,(H,16,17,19)/t11-/m1/s1. The molecular formula is C14H14BrN3O4. The van der Waals surface area contributed by atoms with Gasteiger partial charge in [-0.25, -0.2) is 4.79 Å². The third kappa shape index (κ3) is 3.33. The van der Waals surface area contributed by atoms with Gasteiger partial charge in [0.05, 0.1) is 17.9 Å². The van der Waals surface area contributed by atoms with Crippen molar-refractivity contribution < 1.29 is 19.1 Å². The Morgan fingerprint density at radius 1 is 1.36 bits per heavy atom. The van der Waals surface area contributed by atoms with Crippen molar-refractivity contribution in [2.45, 2.75) is 18.7 Å². The zero-order valence-electron chi connectivity index (χ0n) is 12.0. The van der Waals surface area contributed by atoms with Crippen molar-refractivity contribution in [2.24, 2.45) is 5.10 Å². The number of amidine groups is 1. The van der Waals surface area contributed by atoms with Crippen molar-refractivity contribution >= 4 is 45.2 Å². The van der Waals surface area contributed by atoms with Crippen LogP contribution >= 0.6 is 15.9 Å². The van der Waals surface area contributed by atoms with E-state index in [9.17, 15) is 14.4 Å². The maximum atomic E-state index is 12.1. The highest BCUT2D eigenvalue weighted by atomic mass is 79.9. The molecule has 2 rings (SSSR count). The summed E-state index contributed by atoms with van der Waals surface area (Å²) in [6.45, 7) is 3.36. The number of esters is 1. The van der Waals surface area contributed by atoms with Gasteiger partial charge in [0.1, 0.15) is 0 Å². The first-order chi connectivity index (χ1) is 10.4. The lowest BCUT2D eigenvalue weighted by Crippen LogP contribution is -2.35. The molecule has 0 fully saturated rings. The monoisotopic (exact) mass is 367 g/mol. The average Bonchev–Trinajstić information content (AvgIpc) is 2.75. The Hall–Kier alpha value is -2.22. The van der Waals surface area contributed by atoms with E-state index < -0.39 is 10.8 Å². The Balaban J connectivity index is 2.21. The van der Waals surface area contributed by atoms with Gasteiger partial charge in [-0.3, -0.25) is 9.59 Å². The number of hydrazone groups is 1. The van der Waals surface area contributed by atoms with E-state index >= 15 is 0 Å². The van der Waals surface area contributed by atoms with E-state index in [1.54, 1.807) is 31.2 Å². The summed E-state index contributed by atoms with van der Waals surface area (Å²) in [4.78, 5) is 34.1. The summed E-state index contributed by atoms with van der Waals surface area (Å²) in [5.41, 5.74) is 0.876. The van der Waals surface area contributed by atoms with Gasteiger partial charge in [-0.05, 0) is 31.2 Å². The first kappa shape index (κ1) is 16.2. The predicted molar refractivity (Wildman–Crippen MR) is 83.9 cm³/mol. The van der Waals surface area contributed by atoms with Crippen LogP contribution in [0.25, 0.3) is 0 Å². The molecule has 1 aromatic rings. The van der Waals surface area contributed by atoms with Gasteiger partial charge in [-0.2, -0.15) is 5.01 Å². The second-order valence-corrected chi connectivity index (χ2v) is 5.36. The molecule has 0 aromatic heterocycles. The molecule has 1 aliphatic heterocycles. The minimum Gasteiger partial charge on any atom is -0.462 e. The van der Waals surface area contributed by atoms with Crippen LogP contribution < -0.4 is 10.3 Å². The van der Waals surface area contributed by atoms with Crippen molar-refractivity contribution in [2.75, 3.05) is 11.6 Å². The first-order valence-electron chi connectivity index (χ1n) is 6.55. The minimum absolute atomic E-state index is 0.229. The number of carbonyl (C=O) groups excluding carboxylic acids is 3. The highest BCUT2D eigenvalue weighted by Crippen LogP contribution is 2.24. The fourth-order valence-corrected chi connectivity index (χ4v) is 2.24. The molecule has 0 bridgehead atoms. The van der Waals surface area contributed by atoms with E-state index in [4.69, 9.17) is 4.74 Å². The van der Waals surface area contributed by atoms with Gasteiger partial charge in [0.15, 0.2) is 10.7 Å². The normalized spacial score (nSPS) is 17.2. The molecule has 1 aromatic carbocycles. The van der Waals surface area contributed by atoms with Crippen molar-refractivity contribution in [3.8, 4) is 0 Å². The fourth-order valence-electron chi connectivity index (χ4n) is 1.84. The average molecular weight is 368 g/mol. The maximum Gasteiger partial charge on any atom is 0.338 e. The van der Waals surface area contributed by atoms with E-state index in [0.29, 0.717) is 17.9 Å². The molecule has 0 saturated heterocycles. The second kappa shape index (κ2) is 6.69. The molecule has 22 heavy (non-hydrogen) atoms. The SMILES string of the molecule is CCOC(=O)c1ccc(N2N=C(NC(C)=O)[C@@H](Br)C2=O)cc1. The molecule has 8 heteroatoms. The zero-order chi connectivity index (χ0) is 16.3. The van der Waals surface area contributed by atoms with E-state index in [1.807, 2.05) is 0 Å². The van der Waals surface area contributed by atoms with Gasteiger partial charge in [-0.15, -0.1) is 5.10 Å². The van der Waals surface area contributed by atoms with E-state index in [1.165, 1.54) is 11.9 Å². The molecular weight excluding hydrogens is 354 g/mol. The molecule has 2 amide bonds. The van der Waals surface area contributed by atoms with Crippen molar-refractivity contribution in [1.29, 1.82) is 0 Å². The number of carbonyl (C=O) groups is 3. The maximum absolute atomic E-state index is 12.1. The number of rotatable bonds is 3. The number of benzene rings is 1. The van der Waals surface area contributed by atoms with Gasteiger partial charge >= 0.3 is 5.97 Å². The summed E-state index contributed by atoms with van der Waals surface area (Å²) in [6, 6.07) is 6.28. The number of alkyl halides is 1. The fraction of sp³-hybridized carbons (Fsp3) is 0.286. The lowest BCUT2D eigenvalue weighted by Gasteiger charge is -2.12. The summed E-state index contributed by atoms with van der Waals surface area (Å²) in [6.07, 6.45) is 0. The van der Waals surface area contributed by atoms with Gasteiger partial charge in [0.25, 0.3) is 5.91 Å². The van der Waals surface area contributed by atoms with Crippen molar-refractivity contribution in [3.05, 3.63) is 29.8 Å². The third-order valence-electron chi connectivity index (χ3n) is 2.80. The predicted octanol–water partition coefficient (Wildman–Crippen LogP) is 1.42. The van der Waals surface area contributed by atoms with E-state index in [0.717, 1.165) is 0 Å². The second-order valence-electron chi connectivity index (χ2n) is 4.45. The number of hydrogen-bond donors (Lipinski definition) is 1. The summed E-state index contributed by atoms with van der Waals surface area (Å²) in [7, 11) is 0. The minimum atomic E-state index is -0.707. The molecule has 7 nitrogen and oxygen atoms in total. The van der Waals surface area contributed by atoms with Gasteiger partial charge in [0, 0.05) is 6.92 Å². The van der Waals surface area contributed by atoms with E-state index in [2.05, 4.69) is 26.3 Å². The van der Waals surface area contributed by atoms with Crippen LogP contribution in [-0.4, -0.2) is 35.1 Å². The number of amides is 2. The molecule has 1 atom stereocenters. The van der Waals surface area contributed by atoms with Crippen molar-refractivity contribution in [1.82, 2.24) is 5.32 Å². The molecule has 0 aliphatic carbocycles. The summed E-state index contributed by atoms with van der Waals surface area (Å²) in [5, 5.41) is 7.74. The molecule has 1 aliphatic rings. The summed E-state index contributed by atoms with van der Waals surface area (Å²) < 4.78 is 4.89. The molecule has 0 unspecified atom stereocenters. The van der Waals surface area contributed by atoms with E-state index in [-0.39, 0.29) is 17.6 Å². The van der Waals surface area contributed by atoms with Gasteiger partial charge in [0.2, 0.25) is 5.91 Å². The topological polar surface area (TPSA) is 88.1 Å². The lowest BCUT2D eigenvalue weighted by molar-refractivity contribution is -0.117. The van der Waals surface area contributed by atoms with Crippen LogP contribution in [0.2, 0.25) is 0 Å². The van der Waals surface area contributed by atoms with Crippen LogP contribution in [0.1, 0.15) is 24.2 Å². The molecule has 0 spiro atoms. The van der Waals surface area contributed by atoms with Crippen molar-refractivity contribution in [3.63, 3.8) is 0 Å². The molecule has 1 N–H and O–H groups in total. The largest absolute Gasteiger partial charge is 0.462 e. The molecule has 1 heterocycles. The van der Waals surface area contributed by atoms with Crippen LogP contribution in [0.4, 0.5) is 5.69 Å². The van der Waals surface area contributed by atoms with Crippen LogP contribution in [0.15, 0.2) is 29.4 Å². The Labute approximate surface area is 135 Å². The van der Waals surface area contributed by atoms with Crippen LogP contribution in [0.5, 0.6) is 0 Å². The Morgan fingerprint density at radius 3 is 2.55 bits per heavy atom. The number of hydrogen-bond acceptors (Lipinski definition) is 5. The Kier molecular flexibility index (Phi) is 4.92. The molecule has 0 saturated carbocycles. The number of nitrogens with zero attached hydrogens (tertiary/aromatic N) is 2.